The van der Waals surface area contributed by atoms with Crippen LogP contribution in [0.3, 0.4) is 0 Å². The minimum atomic E-state index is 0.136. The highest BCUT2D eigenvalue weighted by molar-refractivity contribution is 5.40. The van der Waals surface area contributed by atoms with Crippen LogP contribution in [0.1, 0.15) is 32.8 Å². The van der Waals surface area contributed by atoms with Crippen LogP contribution in [-0.4, -0.2) is 32.5 Å². The molecule has 0 amide bonds. The van der Waals surface area contributed by atoms with Crippen molar-refractivity contribution in [3.63, 3.8) is 0 Å². The summed E-state index contributed by atoms with van der Waals surface area (Å²) in [6.07, 6.45) is 1.95. The van der Waals surface area contributed by atoms with Crippen LogP contribution in [0.25, 0.3) is 0 Å². The molecule has 4 heteroatoms. The van der Waals surface area contributed by atoms with E-state index < -0.39 is 0 Å². The third kappa shape index (κ3) is 5.80. The standard InChI is InChI=1S/C16H27NO3/c1-5-14(17)10-13-11-15(18-4)6-7-16(13)20-9-8-19-12(2)3/h6-7,11-12,14H,5,8-10,17H2,1-4H3. The number of benzene rings is 1. The second-order valence-corrected chi connectivity index (χ2v) is 5.11. The fraction of sp³-hybridized carbons (Fsp3) is 0.625. The maximum atomic E-state index is 6.04. The highest BCUT2D eigenvalue weighted by atomic mass is 16.5. The molecule has 0 bridgehead atoms. The van der Waals surface area contributed by atoms with Gasteiger partial charge in [-0.25, -0.2) is 0 Å². The van der Waals surface area contributed by atoms with Gasteiger partial charge in [0.2, 0.25) is 0 Å². The Hall–Kier alpha value is -1.26. The van der Waals surface area contributed by atoms with Crippen LogP contribution in [0.5, 0.6) is 11.5 Å². The monoisotopic (exact) mass is 281 g/mol. The number of methoxy groups -OCH3 is 1. The molecule has 0 heterocycles. The zero-order chi connectivity index (χ0) is 15.0. The lowest BCUT2D eigenvalue weighted by atomic mass is 10.0. The Morgan fingerprint density at radius 1 is 1.20 bits per heavy atom. The van der Waals surface area contributed by atoms with Gasteiger partial charge in [0.25, 0.3) is 0 Å². The lowest BCUT2D eigenvalue weighted by molar-refractivity contribution is 0.0550. The van der Waals surface area contributed by atoms with E-state index in [1.54, 1.807) is 7.11 Å². The smallest absolute Gasteiger partial charge is 0.122 e. The molecule has 20 heavy (non-hydrogen) atoms. The van der Waals surface area contributed by atoms with Crippen LogP contribution in [0.15, 0.2) is 18.2 Å². The highest BCUT2D eigenvalue weighted by Gasteiger charge is 2.10. The zero-order valence-electron chi connectivity index (χ0n) is 13.0. The highest BCUT2D eigenvalue weighted by Crippen LogP contribution is 2.25. The van der Waals surface area contributed by atoms with Crippen molar-refractivity contribution < 1.29 is 14.2 Å². The van der Waals surface area contributed by atoms with Gasteiger partial charge in [0, 0.05) is 6.04 Å². The van der Waals surface area contributed by atoms with Crippen LogP contribution >= 0.6 is 0 Å². The van der Waals surface area contributed by atoms with Crippen LogP contribution in [0, 0.1) is 0 Å². The van der Waals surface area contributed by atoms with E-state index in [1.165, 1.54) is 0 Å². The number of rotatable bonds is 9. The van der Waals surface area contributed by atoms with Gasteiger partial charge < -0.3 is 19.9 Å². The molecule has 2 N–H and O–H groups in total. The van der Waals surface area contributed by atoms with Crippen molar-refractivity contribution in [3.8, 4) is 11.5 Å². The molecule has 1 aromatic rings. The molecule has 1 atom stereocenters. The molecule has 0 saturated carbocycles. The minimum absolute atomic E-state index is 0.136. The van der Waals surface area contributed by atoms with E-state index >= 15 is 0 Å². The van der Waals surface area contributed by atoms with Crippen molar-refractivity contribution in [1.29, 1.82) is 0 Å². The summed E-state index contributed by atoms with van der Waals surface area (Å²) < 4.78 is 16.5. The minimum Gasteiger partial charge on any atom is -0.497 e. The van der Waals surface area contributed by atoms with Crippen molar-refractivity contribution >= 4 is 0 Å². The lowest BCUT2D eigenvalue weighted by Crippen LogP contribution is -2.22. The first kappa shape index (κ1) is 16.8. The Balaban J connectivity index is 2.67. The van der Waals surface area contributed by atoms with Gasteiger partial charge >= 0.3 is 0 Å². The quantitative estimate of drug-likeness (QED) is 0.707. The van der Waals surface area contributed by atoms with E-state index in [0.717, 1.165) is 29.9 Å². The summed E-state index contributed by atoms with van der Waals surface area (Å²) in [5.74, 6) is 1.69. The summed E-state index contributed by atoms with van der Waals surface area (Å²) in [6, 6.07) is 5.97. The Labute approximate surface area is 122 Å². The summed E-state index contributed by atoms with van der Waals surface area (Å²) in [5, 5.41) is 0. The zero-order valence-corrected chi connectivity index (χ0v) is 13.0. The van der Waals surface area contributed by atoms with Gasteiger partial charge in [-0.3, -0.25) is 0 Å². The average Bonchev–Trinajstić information content (AvgIpc) is 2.44. The maximum Gasteiger partial charge on any atom is 0.122 e. The summed E-state index contributed by atoms with van der Waals surface area (Å²) in [5.41, 5.74) is 7.13. The molecule has 0 aliphatic carbocycles. The Morgan fingerprint density at radius 3 is 2.55 bits per heavy atom. The summed E-state index contributed by atoms with van der Waals surface area (Å²) in [4.78, 5) is 0. The van der Waals surface area contributed by atoms with E-state index in [0.29, 0.717) is 13.2 Å². The van der Waals surface area contributed by atoms with E-state index in [2.05, 4.69) is 6.92 Å². The number of nitrogens with two attached hydrogens (primary N) is 1. The summed E-state index contributed by atoms with van der Waals surface area (Å²) in [6.45, 7) is 7.24. The first-order valence-corrected chi connectivity index (χ1v) is 7.23. The molecule has 0 aromatic heterocycles. The topological polar surface area (TPSA) is 53.7 Å². The first-order valence-electron chi connectivity index (χ1n) is 7.23. The molecule has 0 radical (unpaired) electrons. The normalized spacial score (nSPS) is 12.5. The van der Waals surface area contributed by atoms with Gasteiger partial charge in [0.15, 0.2) is 0 Å². The molecule has 1 rings (SSSR count). The lowest BCUT2D eigenvalue weighted by Gasteiger charge is -2.16. The molecule has 1 aromatic carbocycles. The Kier molecular flexibility index (Phi) is 7.41. The average molecular weight is 281 g/mol. The maximum absolute atomic E-state index is 6.04. The third-order valence-corrected chi connectivity index (χ3v) is 3.07. The van der Waals surface area contributed by atoms with Crippen molar-refractivity contribution in [3.05, 3.63) is 23.8 Å². The molecule has 0 saturated heterocycles. The van der Waals surface area contributed by atoms with E-state index in [-0.39, 0.29) is 12.1 Å². The Morgan fingerprint density at radius 2 is 1.95 bits per heavy atom. The molecule has 1 unspecified atom stereocenters. The second-order valence-electron chi connectivity index (χ2n) is 5.11. The molecule has 0 fully saturated rings. The van der Waals surface area contributed by atoms with Gasteiger partial charge in [0.1, 0.15) is 18.1 Å². The number of hydrogen-bond acceptors (Lipinski definition) is 4. The van der Waals surface area contributed by atoms with E-state index in [1.807, 2.05) is 32.0 Å². The first-order chi connectivity index (χ1) is 9.56. The summed E-state index contributed by atoms with van der Waals surface area (Å²) in [7, 11) is 1.66. The molecule has 0 aliphatic rings. The fourth-order valence-corrected chi connectivity index (χ4v) is 1.85. The van der Waals surface area contributed by atoms with Gasteiger partial charge in [-0.05, 0) is 50.5 Å². The molecule has 0 spiro atoms. The van der Waals surface area contributed by atoms with E-state index in [9.17, 15) is 0 Å². The van der Waals surface area contributed by atoms with Gasteiger partial charge in [0.05, 0.1) is 19.8 Å². The van der Waals surface area contributed by atoms with Gasteiger partial charge in [-0.15, -0.1) is 0 Å². The van der Waals surface area contributed by atoms with Crippen LogP contribution in [-0.2, 0) is 11.2 Å². The van der Waals surface area contributed by atoms with Crippen LogP contribution in [0.4, 0.5) is 0 Å². The van der Waals surface area contributed by atoms with Gasteiger partial charge in [-0.2, -0.15) is 0 Å². The third-order valence-electron chi connectivity index (χ3n) is 3.07. The Bertz CT molecular complexity index is 393. The SMILES string of the molecule is CCC(N)Cc1cc(OC)ccc1OCCOC(C)C. The predicted molar refractivity (Wildman–Crippen MR) is 81.5 cm³/mol. The largest absolute Gasteiger partial charge is 0.497 e. The van der Waals surface area contributed by atoms with Crippen molar-refractivity contribution in [2.75, 3.05) is 20.3 Å². The van der Waals surface area contributed by atoms with E-state index in [4.69, 9.17) is 19.9 Å². The van der Waals surface area contributed by atoms with Crippen LogP contribution < -0.4 is 15.2 Å². The molecule has 0 aliphatic heterocycles. The fourth-order valence-electron chi connectivity index (χ4n) is 1.85. The van der Waals surface area contributed by atoms with Gasteiger partial charge in [-0.1, -0.05) is 6.92 Å². The van der Waals surface area contributed by atoms with Crippen LogP contribution in [0.2, 0.25) is 0 Å². The van der Waals surface area contributed by atoms with Crippen molar-refractivity contribution in [1.82, 2.24) is 0 Å². The molecule has 4 nitrogen and oxygen atoms in total. The predicted octanol–water partition coefficient (Wildman–Crippen LogP) is 2.78. The van der Waals surface area contributed by atoms with Crippen molar-refractivity contribution in [2.45, 2.75) is 45.8 Å². The molecular weight excluding hydrogens is 254 g/mol. The van der Waals surface area contributed by atoms with Crippen molar-refractivity contribution in [2.24, 2.45) is 5.73 Å². The number of hydrogen-bond donors (Lipinski definition) is 1. The summed E-state index contributed by atoms with van der Waals surface area (Å²) >= 11 is 0. The second kappa shape index (κ2) is 8.82. The molecular formula is C16H27NO3. The molecule has 114 valence electrons. The number of ether oxygens (including phenoxy) is 3.